The molecule has 0 unspecified atom stereocenters. The Morgan fingerprint density at radius 3 is 2.26 bits per heavy atom. The fourth-order valence-electron chi connectivity index (χ4n) is 6.44. The lowest BCUT2D eigenvalue weighted by Gasteiger charge is -2.57. The molecular weight excluding hydrogens is 332 g/mol. The van der Waals surface area contributed by atoms with E-state index in [1.165, 1.54) is 49.7 Å². The van der Waals surface area contributed by atoms with Crippen molar-refractivity contribution in [3.8, 4) is 5.75 Å². The second kappa shape index (κ2) is 6.40. The molecule has 4 aliphatic rings. The van der Waals surface area contributed by atoms with E-state index in [1.54, 1.807) is 6.21 Å². The Bertz CT molecular complexity index is 836. The Morgan fingerprint density at radius 1 is 1.00 bits per heavy atom. The highest BCUT2D eigenvalue weighted by Crippen LogP contribution is 2.62. The van der Waals surface area contributed by atoms with E-state index in [0.29, 0.717) is 5.75 Å². The van der Waals surface area contributed by atoms with Gasteiger partial charge in [0.05, 0.1) is 11.9 Å². The molecule has 4 saturated carbocycles. The van der Waals surface area contributed by atoms with Gasteiger partial charge in [-0.1, -0.05) is 24.3 Å². The van der Waals surface area contributed by atoms with Crippen LogP contribution >= 0.6 is 0 Å². The van der Waals surface area contributed by atoms with Crippen LogP contribution in [-0.2, 0) is 5.41 Å². The highest BCUT2D eigenvalue weighted by molar-refractivity contribution is 5.85. The molecule has 27 heavy (non-hydrogen) atoms. The predicted molar refractivity (Wildman–Crippen MR) is 110 cm³/mol. The predicted octanol–water partition coefficient (Wildman–Crippen LogP) is 5.61. The molecule has 0 aliphatic heterocycles. The summed E-state index contributed by atoms with van der Waals surface area (Å²) in [5.74, 6) is 3.05. The SMILES string of the molecule is Cc1cc(C=NNc2ccccc2)c(O)c(C23CC4CC(CC(C4)C2)C3)c1. The molecule has 0 spiro atoms. The van der Waals surface area contributed by atoms with Gasteiger partial charge in [-0.2, -0.15) is 5.10 Å². The molecule has 0 amide bonds. The molecule has 0 atom stereocenters. The average molecular weight is 361 g/mol. The molecule has 0 saturated heterocycles. The normalized spacial score (nSPS) is 31.5. The van der Waals surface area contributed by atoms with Gasteiger partial charge in [0.1, 0.15) is 5.75 Å². The highest BCUT2D eigenvalue weighted by Gasteiger charge is 2.52. The van der Waals surface area contributed by atoms with Crippen LogP contribution in [0.3, 0.4) is 0 Å². The number of nitrogens with one attached hydrogen (secondary N) is 1. The zero-order chi connectivity index (χ0) is 18.4. The van der Waals surface area contributed by atoms with Gasteiger partial charge in [-0.05, 0) is 92.4 Å². The fourth-order valence-corrected chi connectivity index (χ4v) is 6.44. The number of anilines is 1. The highest BCUT2D eigenvalue weighted by atomic mass is 16.3. The summed E-state index contributed by atoms with van der Waals surface area (Å²) >= 11 is 0. The van der Waals surface area contributed by atoms with Gasteiger partial charge >= 0.3 is 0 Å². The van der Waals surface area contributed by atoms with Gasteiger partial charge in [-0.15, -0.1) is 0 Å². The van der Waals surface area contributed by atoms with E-state index < -0.39 is 0 Å². The summed E-state index contributed by atoms with van der Waals surface area (Å²) < 4.78 is 0. The van der Waals surface area contributed by atoms with Crippen molar-refractivity contribution in [2.24, 2.45) is 22.9 Å². The number of phenols is 1. The van der Waals surface area contributed by atoms with E-state index >= 15 is 0 Å². The average Bonchev–Trinajstić information content (AvgIpc) is 2.64. The van der Waals surface area contributed by atoms with Crippen molar-refractivity contribution >= 4 is 11.9 Å². The van der Waals surface area contributed by atoms with Crippen LogP contribution in [0.4, 0.5) is 5.69 Å². The van der Waals surface area contributed by atoms with Crippen molar-refractivity contribution in [3.05, 3.63) is 59.2 Å². The first kappa shape index (κ1) is 16.9. The number of aromatic hydroxyl groups is 1. The van der Waals surface area contributed by atoms with Gasteiger partial charge in [0.25, 0.3) is 0 Å². The van der Waals surface area contributed by atoms with Gasteiger partial charge in [0.2, 0.25) is 0 Å². The molecule has 140 valence electrons. The van der Waals surface area contributed by atoms with Crippen LogP contribution in [0.25, 0.3) is 0 Å². The summed E-state index contributed by atoms with van der Waals surface area (Å²) in [6.45, 7) is 2.13. The lowest BCUT2D eigenvalue weighted by atomic mass is 9.48. The van der Waals surface area contributed by atoms with Crippen molar-refractivity contribution in [3.63, 3.8) is 0 Å². The van der Waals surface area contributed by atoms with E-state index in [-0.39, 0.29) is 5.41 Å². The fraction of sp³-hybridized carbons (Fsp3) is 0.458. The van der Waals surface area contributed by atoms with Crippen molar-refractivity contribution < 1.29 is 5.11 Å². The number of nitrogens with zero attached hydrogens (tertiary/aromatic N) is 1. The third-order valence-corrected chi connectivity index (χ3v) is 7.06. The summed E-state index contributed by atoms with van der Waals surface area (Å²) in [6.07, 6.45) is 9.79. The Hall–Kier alpha value is -2.29. The van der Waals surface area contributed by atoms with Gasteiger partial charge in [-0.25, -0.2) is 0 Å². The number of phenolic OH excluding ortho intramolecular Hbond substituents is 1. The minimum absolute atomic E-state index is 0.195. The Balaban J connectivity index is 1.46. The molecule has 0 aromatic heterocycles. The second-order valence-corrected chi connectivity index (χ2v) is 9.18. The number of hydrogen-bond acceptors (Lipinski definition) is 3. The minimum Gasteiger partial charge on any atom is -0.507 e. The molecule has 2 N–H and O–H groups in total. The van der Waals surface area contributed by atoms with Crippen molar-refractivity contribution in [2.45, 2.75) is 50.9 Å². The van der Waals surface area contributed by atoms with Crippen LogP contribution in [0.2, 0.25) is 0 Å². The van der Waals surface area contributed by atoms with E-state index in [9.17, 15) is 5.11 Å². The molecule has 6 rings (SSSR count). The molecular formula is C24H28N2O. The Morgan fingerprint density at radius 2 is 1.63 bits per heavy atom. The smallest absolute Gasteiger partial charge is 0.128 e. The van der Waals surface area contributed by atoms with Crippen LogP contribution in [0, 0.1) is 24.7 Å². The topological polar surface area (TPSA) is 44.6 Å². The standard InChI is InChI=1S/C24H28N2O/c1-16-7-20(15-25-26-21-5-3-2-4-6-21)23(27)22(8-16)24-12-17-9-18(13-24)11-19(10-17)14-24/h2-8,15,17-19,26-27H,9-14H2,1H3. The van der Waals surface area contributed by atoms with Crippen molar-refractivity contribution in [1.82, 2.24) is 0 Å². The van der Waals surface area contributed by atoms with Crippen LogP contribution in [0.1, 0.15) is 55.2 Å². The molecule has 0 heterocycles. The largest absolute Gasteiger partial charge is 0.507 e. The molecule has 4 fully saturated rings. The maximum atomic E-state index is 11.2. The zero-order valence-corrected chi connectivity index (χ0v) is 16.0. The van der Waals surface area contributed by atoms with Crippen molar-refractivity contribution in [2.75, 3.05) is 5.43 Å². The van der Waals surface area contributed by atoms with E-state index in [0.717, 1.165) is 29.0 Å². The van der Waals surface area contributed by atoms with E-state index in [1.807, 2.05) is 36.4 Å². The van der Waals surface area contributed by atoms with Gasteiger partial charge < -0.3 is 5.11 Å². The summed E-state index contributed by atoms with van der Waals surface area (Å²) in [5.41, 5.74) is 7.41. The quantitative estimate of drug-likeness (QED) is 0.549. The summed E-state index contributed by atoms with van der Waals surface area (Å²) in [7, 11) is 0. The molecule has 2 aromatic carbocycles. The van der Waals surface area contributed by atoms with E-state index in [4.69, 9.17) is 0 Å². The number of hydrogen-bond donors (Lipinski definition) is 2. The first-order valence-corrected chi connectivity index (χ1v) is 10.3. The second-order valence-electron chi connectivity index (χ2n) is 9.18. The van der Waals surface area contributed by atoms with Crippen LogP contribution < -0.4 is 5.43 Å². The molecule has 3 heteroatoms. The molecule has 0 radical (unpaired) electrons. The number of para-hydroxylation sites is 1. The van der Waals surface area contributed by atoms with Crippen LogP contribution in [0.5, 0.6) is 5.75 Å². The molecule has 2 aromatic rings. The molecule has 4 bridgehead atoms. The Labute approximate surface area is 161 Å². The third kappa shape index (κ3) is 3.03. The first-order valence-electron chi connectivity index (χ1n) is 10.3. The lowest BCUT2D eigenvalue weighted by Crippen LogP contribution is -2.48. The summed E-state index contributed by atoms with van der Waals surface area (Å²) in [5, 5.41) is 15.5. The monoisotopic (exact) mass is 360 g/mol. The van der Waals surface area contributed by atoms with Gasteiger partial charge in [0.15, 0.2) is 0 Å². The third-order valence-electron chi connectivity index (χ3n) is 7.06. The number of hydrazone groups is 1. The van der Waals surface area contributed by atoms with E-state index in [2.05, 4.69) is 23.5 Å². The maximum absolute atomic E-state index is 11.2. The molecule has 4 aliphatic carbocycles. The minimum atomic E-state index is 0.195. The summed E-state index contributed by atoms with van der Waals surface area (Å²) in [6, 6.07) is 14.2. The van der Waals surface area contributed by atoms with Crippen molar-refractivity contribution in [1.29, 1.82) is 0 Å². The lowest BCUT2D eigenvalue weighted by molar-refractivity contribution is -0.00616. The summed E-state index contributed by atoms with van der Waals surface area (Å²) in [4.78, 5) is 0. The maximum Gasteiger partial charge on any atom is 0.128 e. The van der Waals surface area contributed by atoms with Crippen LogP contribution in [0.15, 0.2) is 47.6 Å². The zero-order valence-electron chi connectivity index (χ0n) is 16.0. The number of rotatable bonds is 4. The first-order chi connectivity index (χ1) is 13.1. The number of benzene rings is 2. The van der Waals surface area contributed by atoms with Gasteiger partial charge in [0, 0.05) is 11.1 Å². The van der Waals surface area contributed by atoms with Crippen LogP contribution in [-0.4, -0.2) is 11.3 Å². The Kier molecular flexibility index (Phi) is 3.99. The van der Waals surface area contributed by atoms with Gasteiger partial charge in [-0.3, -0.25) is 5.43 Å². The number of aryl methyl sites for hydroxylation is 1. The molecule has 3 nitrogen and oxygen atoms in total.